The van der Waals surface area contributed by atoms with Crippen LogP contribution in [0.5, 0.6) is 0 Å². The second-order valence-electron chi connectivity index (χ2n) is 21.7. The molecule has 0 aromatic carbocycles. The molecule has 0 aliphatic heterocycles. The standard InChI is InChI=1S/C59H117N2O6P/c1-6-8-10-12-14-16-18-20-22-24-26-27-28-29-30-31-32-33-34-35-36-38-40-42-44-46-48-50-52-58(62)57(56-67-68(64,65)66-55-54-61(3,4)5)60-59(63)53-51-49-47-45-43-41-39-37-25-23-21-19-17-15-13-11-9-7-2/h17,19,23,25,57-58,62H,6-16,18,20-22,24,26-56H2,1-5H3,(H-,60,63,64,65)/b19-17-,25-23-. The average molecular weight is 982 g/mol. The number of unbranched alkanes of at least 4 members (excludes halogenated alkanes) is 38. The average Bonchev–Trinajstić information content (AvgIpc) is 3.30. The van der Waals surface area contributed by atoms with Crippen molar-refractivity contribution in [3.05, 3.63) is 24.3 Å². The van der Waals surface area contributed by atoms with Crippen LogP contribution >= 0.6 is 7.82 Å². The predicted octanol–water partition coefficient (Wildman–Crippen LogP) is 17.4. The van der Waals surface area contributed by atoms with Crippen LogP contribution in [0.25, 0.3) is 0 Å². The third kappa shape index (κ3) is 52.8. The number of rotatable bonds is 55. The van der Waals surface area contributed by atoms with Crippen molar-refractivity contribution >= 4 is 13.7 Å². The van der Waals surface area contributed by atoms with E-state index >= 15 is 0 Å². The fraction of sp³-hybridized carbons (Fsp3) is 0.915. The first-order valence-electron chi connectivity index (χ1n) is 29.7. The minimum Gasteiger partial charge on any atom is -0.756 e. The summed E-state index contributed by atoms with van der Waals surface area (Å²) in [5.41, 5.74) is 0. The van der Waals surface area contributed by atoms with Gasteiger partial charge in [-0.1, -0.05) is 269 Å². The van der Waals surface area contributed by atoms with Crippen LogP contribution in [0, 0.1) is 0 Å². The molecule has 0 aromatic heterocycles. The van der Waals surface area contributed by atoms with Crippen molar-refractivity contribution in [1.82, 2.24) is 5.32 Å². The first-order valence-corrected chi connectivity index (χ1v) is 31.1. The lowest BCUT2D eigenvalue weighted by atomic mass is 10.0. The molecule has 8 nitrogen and oxygen atoms in total. The lowest BCUT2D eigenvalue weighted by Gasteiger charge is -2.30. The van der Waals surface area contributed by atoms with Crippen molar-refractivity contribution in [2.45, 2.75) is 309 Å². The van der Waals surface area contributed by atoms with Crippen LogP contribution in [-0.4, -0.2) is 68.5 Å². The van der Waals surface area contributed by atoms with Crippen LogP contribution in [0.2, 0.25) is 0 Å². The van der Waals surface area contributed by atoms with Gasteiger partial charge in [0.05, 0.1) is 39.9 Å². The van der Waals surface area contributed by atoms with Gasteiger partial charge in [0.1, 0.15) is 13.2 Å². The first-order chi connectivity index (χ1) is 33.0. The van der Waals surface area contributed by atoms with Gasteiger partial charge in [0.15, 0.2) is 0 Å². The molecule has 9 heteroatoms. The summed E-state index contributed by atoms with van der Waals surface area (Å²) in [4.78, 5) is 25.5. The molecule has 0 heterocycles. The smallest absolute Gasteiger partial charge is 0.268 e. The van der Waals surface area contributed by atoms with Gasteiger partial charge in [0.2, 0.25) is 5.91 Å². The predicted molar refractivity (Wildman–Crippen MR) is 293 cm³/mol. The van der Waals surface area contributed by atoms with Crippen LogP contribution in [0.3, 0.4) is 0 Å². The van der Waals surface area contributed by atoms with Gasteiger partial charge in [-0.3, -0.25) is 9.36 Å². The van der Waals surface area contributed by atoms with Crippen molar-refractivity contribution in [3.63, 3.8) is 0 Å². The number of nitrogens with zero attached hydrogens (tertiary/aromatic N) is 1. The Kier molecular flexibility index (Phi) is 50.1. The van der Waals surface area contributed by atoms with Crippen LogP contribution in [0.15, 0.2) is 24.3 Å². The highest BCUT2D eigenvalue weighted by atomic mass is 31.2. The van der Waals surface area contributed by atoms with E-state index in [4.69, 9.17) is 9.05 Å². The molecule has 3 unspecified atom stereocenters. The second kappa shape index (κ2) is 50.9. The summed E-state index contributed by atoms with van der Waals surface area (Å²) in [5.74, 6) is -0.169. The summed E-state index contributed by atoms with van der Waals surface area (Å²) < 4.78 is 23.4. The molecule has 0 bridgehead atoms. The third-order valence-electron chi connectivity index (χ3n) is 13.7. The van der Waals surface area contributed by atoms with Gasteiger partial charge in [0, 0.05) is 6.42 Å². The third-order valence-corrected chi connectivity index (χ3v) is 14.7. The molecule has 0 aromatic rings. The number of phosphoric acid groups is 1. The van der Waals surface area contributed by atoms with E-state index in [0.29, 0.717) is 23.9 Å². The lowest BCUT2D eigenvalue weighted by Crippen LogP contribution is -2.46. The van der Waals surface area contributed by atoms with Crippen LogP contribution < -0.4 is 10.2 Å². The normalized spacial score (nSPS) is 14.0. The highest BCUT2D eigenvalue weighted by Gasteiger charge is 2.24. The first kappa shape index (κ1) is 67.0. The number of hydrogen-bond acceptors (Lipinski definition) is 6. The maximum absolute atomic E-state index is 13.0. The number of hydrogen-bond donors (Lipinski definition) is 2. The van der Waals surface area contributed by atoms with E-state index in [-0.39, 0.29) is 19.1 Å². The van der Waals surface area contributed by atoms with E-state index in [2.05, 4.69) is 43.5 Å². The number of aliphatic hydroxyl groups is 1. The number of quaternary nitrogens is 1. The van der Waals surface area contributed by atoms with Crippen LogP contribution in [-0.2, 0) is 18.4 Å². The molecular weight excluding hydrogens is 864 g/mol. The molecular formula is C59H117N2O6P. The molecule has 404 valence electrons. The van der Waals surface area contributed by atoms with Gasteiger partial charge in [-0.15, -0.1) is 0 Å². The molecule has 0 saturated carbocycles. The Hall–Kier alpha value is -1.02. The minimum absolute atomic E-state index is 0.0116. The summed E-state index contributed by atoms with van der Waals surface area (Å²) in [5, 5.41) is 14.0. The highest BCUT2D eigenvalue weighted by Crippen LogP contribution is 2.38. The number of phosphoric ester groups is 1. The van der Waals surface area contributed by atoms with Crippen LogP contribution in [0.1, 0.15) is 296 Å². The second-order valence-corrected chi connectivity index (χ2v) is 23.1. The van der Waals surface area contributed by atoms with E-state index in [1.54, 1.807) is 0 Å². The Morgan fingerprint density at radius 2 is 0.853 bits per heavy atom. The summed E-state index contributed by atoms with van der Waals surface area (Å²) in [6.07, 6.45) is 63.6. The number of amides is 1. The molecule has 2 N–H and O–H groups in total. The zero-order valence-electron chi connectivity index (χ0n) is 46.1. The fourth-order valence-electron chi connectivity index (χ4n) is 9.01. The summed E-state index contributed by atoms with van der Waals surface area (Å²) in [7, 11) is 1.31. The SMILES string of the molecule is CCCCCC/C=C\C/C=C\CCCCCCCCCC(=O)NC(COP(=O)([O-])OCC[N+](C)(C)C)C(O)CCCCCCCCCCCCCCCCCCCCCCCCCCCCCC. The summed E-state index contributed by atoms with van der Waals surface area (Å²) >= 11 is 0. The van der Waals surface area contributed by atoms with Gasteiger partial charge in [-0.25, -0.2) is 0 Å². The number of carbonyl (C=O) groups is 1. The van der Waals surface area contributed by atoms with Gasteiger partial charge >= 0.3 is 0 Å². The van der Waals surface area contributed by atoms with Gasteiger partial charge in [-0.2, -0.15) is 0 Å². The maximum Gasteiger partial charge on any atom is 0.268 e. The number of nitrogens with one attached hydrogen (secondary N) is 1. The summed E-state index contributed by atoms with van der Waals surface area (Å²) in [6, 6.07) is -0.804. The molecule has 0 fully saturated rings. The summed E-state index contributed by atoms with van der Waals surface area (Å²) in [6.45, 7) is 4.74. The largest absolute Gasteiger partial charge is 0.756 e. The molecule has 0 aliphatic carbocycles. The number of likely N-dealkylation sites (N-methyl/N-ethyl adjacent to an activating group) is 1. The Labute approximate surface area is 424 Å². The monoisotopic (exact) mass is 981 g/mol. The van der Waals surface area contributed by atoms with Crippen molar-refractivity contribution < 1.29 is 32.9 Å². The van der Waals surface area contributed by atoms with E-state index in [9.17, 15) is 19.4 Å². The van der Waals surface area contributed by atoms with Crippen molar-refractivity contribution in [1.29, 1.82) is 0 Å². The van der Waals surface area contributed by atoms with E-state index in [1.807, 2.05) is 21.1 Å². The Morgan fingerprint density at radius 3 is 1.24 bits per heavy atom. The molecule has 0 spiro atoms. The molecule has 0 radical (unpaired) electrons. The molecule has 0 aliphatic rings. The van der Waals surface area contributed by atoms with Crippen LogP contribution in [0.4, 0.5) is 0 Å². The van der Waals surface area contributed by atoms with Gasteiger partial charge in [-0.05, 0) is 44.9 Å². The minimum atomic E-state index is -4.57. The van der Waals surface area contributed by atoms with E-state index in [1.165, 1.54) is 218 Å². The van der Waals surface area contributed by atoms with Gasteiger partial charge < -0.3 is 28.8 Å². The number of aliphatic hydroxyl groups excluding tert-OH is 1. The Morgan fingerprint density at radius 1 is 0.515 bits per heavy atom. The molecule has 68 heavy (non-hydrogen) atoms. The molecule has 1 amide bonds. The Balaban J connectivity index is 4.10. The zero-order chi connectivity index (χ0) is 49.9. The topological polar surface area (TPSA) is 108 Å². The Bertz CT molecular complexity index is 1160. The van der Waals surface area contributed by atoms with E-state index < -0.39 is 20.0 Å². The highest BCUT2D eigenvalue weighted by molar-refractivity contribution is 7.45. The maximum atomic E-state index is 13.0. The quantitative estimate of drug-likeness (QED) is 0.0272. The molecule has 0 saturated heterocycles. The molecule has 3 atom stereocenters. The number of allylic oxidation sites excluding steroid dienone is 4. The zero-order valence-corrected chi connectivity index (χ0v) is 47.0. The molecule has 0 rings (SSSR count). The van der Waals surface area contributed by atoms with Crippen molar-refractivity contribution in [2.24, 2.45) is 0 Å². The van der Waals surface area contributed by atoms with Crippen molar-refractivity contribution in [2.75, 3.05) is 40.9 Å². The lowest BCUT2D eigenvalue weighted by molar-refractivity contribution is -0.870. The van der Waals surface area contributed by atoms with E-state index in [0.717, 1.165) is 51.4 Å². The number of carbonyl (C=O) groups excluding carboxylic acids is 1. The van der Waals surface area contributed by atoms with Crippen molar-refractivity contribution in [3.8, 4) is 0 Å². The van der Waals surface area contributed by atoms with Gasteiger partial charge in [0.25, 0.3) is 7.82 Å². The fourth-order valence-corrected chi connectivity index (χ4v) is 9.74.